The number of carbonyl (C=O) groups excluding carboxylic acids is 2. The van der Waals surface area contributed by atoms with Gasteiger partial charge in [-0.25, -0.2) is 9.78 Å². The Labute approximate surface area is 155 Å². The van der Waals surface area contributed by atoms with Gasteiger partial charge >= 0.3 is 5.97 Å². The zero-order valence-corrected chi connectivity index (χ0v) is 15.6. The maximum absolute atomic E-state index is 12.2. The highest BCUT2D eigenvalue weighted by Crippen LogP contribution is 2.21. The number of carboxylic acid groups (broad SMARTS) is 1. The minimum Gasteiger partial charge on any atom is -0.479 e. The number of hydrogen-bond donors (Lipinski definition) is 3. The molecule has 3 N–H and O–H groups in total. The smallest absolute Gasteiger partial charge is 0.330 e. The molecule has 8 heteroatoms. The van der Waals surface area contributed by atoms with Crippen LogP contribution >= 0.6 is 11.3 Å². The lowest BCUT2D eigenvalue weighted by Gasteiger charge is -2.16. The van der Waals surface area contributed by atoms with E-state index in [1.807, 2.05) is 0 Å². The largest absolute Gasteiger partial charge is 0.479 e. The van der Waals surface area contributed by atoms with Crippen LogP contribution in [0.1, 0.15) is 38.1 Å². The average Bonchev–Trinajstić information content (AvgIpc) is 2.99. The van der Waals surface area contributed by atoms with E-state index in [4.69, 9.17) is 0 Å². The number of thiazole rings is 1. The topological polar surface area (TPSA) is 108 Å². The first-order chi connectivity index (χ1) is 12.2. The summed E-state index contributed by atoms with van der Waals surface area (Å²) in [4.78, 5) is 39.8. The molecule has 0 aliphatic carbocycles. The zero-order chi connectivity index (χ0) is 19.3. The van der Waals surface area contributed by atoms with Crippen LogP contribution in [0.15, 0.2) is 35.7 Å². The molecule has 0 aliphatic heterocycles. The first-order valence-corrected chi connectivity index (χ1v) is 8.88. The zero-order valence-electron chi connectivity index (χ0n) is 14.8. The van der Waals surface area contributed by atoms with Crippen molar-refractivity contribution in [2.24, 2.45) is 5.41 Å². The highest BCUT2D eigenvalue weighted by molar-refractivity contribution is 7.13. The van der Waals surface area contributed by atoms with E-state index in [1.54, 1.807) is 56.5 Å². The number of carboxylic acids is 1. The molecule has 0 unspecified atom stereocenters. The molecular weight excluding hydrogens is 354 g/mol. The predicted molar refractivity (Wildman–Crippen MR) is 98.9 cm³/mol. The minimum absolute atomic E-state index is 0.0709. The maximum atomic E-state index is 12.2. The molecule has 7 nitrogen and oxygen atoms in total. The van der Waals surface area contributed by atoms with Crippen molar-refractivity contribution in [2.45, 2.75) is 33.2 Å². The van der Waals surface area contributed by atoms with Crippen LogP contribution in [0.3, 0.4) is 0 Å². The SMILES string of the molecule is CC(C)(C)C(=O)Nc1nc(CC(=O)N[C@H](C(=O)O)c2ccccc2)cs1. The van der Waals surface area contributed by atoms with Crippen LogP contribution in [0.5, 0.6) is 0 Å². The fourth-order valence-corrected chi connectivity index (χ4v) is 2.75. The molecular formula is C18H21N3O4S. The molecule has 2 amide bonds. The average molecular weight is 375 g/mol. The van der Waals surface area contributed by atoms with Crippen molar-refractivity contribution >= 4 is 34.3 Å². The van der Waals surface area contributed by atoms with Gasteiger partial charge in [-0.1, -0.05) is 51.1 Å². The molecule has 0 spiro atoms. The van der Waals surface area contributed by atoms with Gasteiger partial charge in [0.1, 0.15) is 0 Å². The van der Waals surface area contributed by atoms with Crippen LogP contribution in [0.4, 0.5) is 5.13 Å². The second-order valence-corrected chi connectivity index (χ2v) is 7.63. The Kier molecular flexibility index (Phi) is 6.10. The fraction of sp³-hybridized carbons (Fsp3) is 0.333. The van der Waals surface area contributed by atoms with Gasteiger partial charge in [0.15, 0.2) is 11.2 Å². The quantitative estimate of drug-likeness (QED) is 0.719. The molecule has 0 saturated carbocycles. The fourth-order valence-electron chi connectivity index (χ4n) is 2.04. The summed E-state index contributed by atoms with van der Waals surface area (Å²) < 4.78 is 0. The van der Waals surface area contributed by atoms with Crippen LogP contribution in [-0.4, -0.2) is 27.9 Å². The van der Waals surface area contributed by atoms with Crippen LogP contribution in [0.25, 0.3) is 0 Å². The van der Waals surface area contributed by atoms with Crippen molar-refractivity contribution in [2.75, 3.05) is 5.32 Å². The van der Waals surface area contributed by atoms with E-state index in [1.165, 1.54) is 11.3 Å². The maximum Gasteiger partial charge on any atom is 0.330 e. The number of hydrogen-bond acceptors (Lipinski definition) is 5. The number of anilines is 1. The first kappa shape index (κ1) is 19.6. The van der Waals surface area contributed by atoms with E-state index in [0.29, 0.717) is 16.4 Å². The summed E-state index contributed by atoms with van der Waals surface area (Å²) in [6.45, 7) is 5.37. The van der Waals surface area contributed by atoms with E-state index in [-0.39, 0.29) is 12.3 Å². The lowest BCUT2D eigenvalue weighted by atomic mass is 9.96. The van der Waals surface area contributed by atoms with Gasteiger partial charge in [-0.2, -0.15) is 0 Å². The third kappa shape index (κ3) is 5.38. The van der Waals surface area contributed by atoms with Gasteiger partial charge in [0.05, 0.1) is 12.1 Å². The molecule has 1 aromatic heterocycles. The van der Waals surface area contributed by atoms with Crippen molar-refractivity contribution in [3.63, 3.8) is 0 Å². The minimum atomic E-state index is -1.14. The summed E-state index contributed by atoms with van der Waals surface area (Å²) in [5.74, 6) is -1.76. The summed E-state index contributed by atoms with van der Waals surface area (Å²) in [6, 6.07) is 7.35. The third-order valence-corrected chi connectivity index (χ3v) is 4.29. The number of benzene rings is 1. The molecule has 1 aromatic carbocycles. The Morgan fingerprint density at radius 3 is 2.42 bits per heavy atom. The predicted octanol–water partition coefficient (Wildman–Crippen LogP) is 2.61. The van der Waals surface area contributed by atoms with E-state index in [9.17, 15) is 19.5 Å². The van der Waals surface area contributed by atoms with E-state index in [0.717, 1.165) is 0 Å². The Morgan fingerprint density at radius 1 is 1.19 bits per heavy atom. The molecule has 2 aromatic rings. The number of rotatable bonds is 6. The van der Waals surface area contributed by atoms with Gasteiger partial charge in [0, 0.05) is 10.8 Å². The third-order valence-electron chi connectivity index (χ3n) is 3.48. The Morgan fingerprint density at radius 2 is 1.85 bits per heavy atom. The van der Waals surface area contributed by atoms with E-state index >= 15 is 0 Å². The number of nitrogens with one attached hydrogen (secondary N) is 2. The molecule has 0 saturated heterocycles. The lowest BCUT2D eigenvalue weighted by Crippen LogP contribution is -2.34. The van der Waals surface area contributed by atoms with Crippen molar-refractivity contribution in [3.05, 3.63) is 47.0 Å². The monoisotopic (exact) mass is 375 g/mol. The normalized spacial score (nSPS) is 12.3. The second kappa shape index (κ2) is 8.09. The van der Waals surface area contributed by atoms with Crippen LogP contribution in [0, 0.1) is 5.41 Å². The van der Waals surface area contributed by atoms with Crippen molar-refractivity contribution in [3.8, 4) is 0 Å². The van der Waals surface area contributed by atoms with Crippen molar-refractivity contribution in [1.29, 1.82) is 0 Å². The van der Waals surface area contributed by atoms with Gasteiger partial charge in [-0.15, -0.1) is 11.3 Å². The summed E-state index contributed by atoms with van der Waals surface area (Å²) in [7, 11) is 0. The van der Waals surface area contributed by atoms with Crippen LogP contribution < -0.4 is 10.6 Å². The Bertz CT molecular complexity index is 796. The molecule has 1 heterocycles. The summed E-state index contributed by atoms with van der Waals surface area (Å²) in [6.07, 6.45) is -0.0709. The Balaban J connectivity index is 1.99. The molecule has 2 rings (SSSR count). The highest BCUT2D eigenvalue weighted by Gasteiger charge is 2.24. The number of aliphatic carboxylic acids is 1. The molecule has 138 valence electrons. The number of amides is 2. The Hall–Kier alpha value is -2.74. The first-order valence-electron chi connectivity index (χ1n) is 8.00. The molecule has 0 fully saturated rings. The molecule has 0 aliphatic rings. The van der Waals surface area contributed by atoms with Crippen molar-refractivity contribution < 1.29 is 19.5 Å². The van der Waals surface area contributed by atoms with Crippen LogP contribution in [-0.2, 0) is 20.8 Å². The summed E-state index contributed by atoms with van der Waals surface area (Å²) in [5, 5.41) is 16.6. The van der Waals surface area contributed by atoms with Crippen molar-refractivity contribution in [1.82, 2.24) is 10.3 Å². The second-order valence-electron chi connectivity index (χ2n) is 6.77. The molecule has 0 bridgehead atoms. The van der Waals surface area contributed by atoms with E-state index in [2.05, 4.69) is 15.6 Å². The highest BCUT2D eigenvalue weighted by atomic mass is 32.1. The molecule has 26 heavy (non-hydrogen) atoms. The van der Waals surface area contributed by atoms with Gasteiger partial charge in [-0.05, 0) is 5.56 Å². The van der Waals surface area contributed by atoms with Gasteiger partial charge in [-0.3, -0.25) is 9.59 Å². The molecule has 0 radical (unpaired) electrons. The van der Waals surface area contributed by atoms with Crippen LogP contribution in [0.2, 0.25) is 0 Å². The lowest BCUT2D eigenvalue weighted by molar-refractivity contribution is -0.142. The number of carbonyl (C=O) groups is 3. The van der Waals surface area contributed by atoms with E-state index < -0.39 is 23.3 Å². The standard InChI is InChI=1S/C18H21N3O4S/c1-18(2,3)16(25)21-17-19-12(10-26-17)9-13(22)20-14(15(23)24)11-7-5-4-6-8-11/h4-8,10,14H,9H2,1-3H3,(H,20,22)(H,23,24)(H,19,21,25)/t14-/m0/s1. The number of nitrogens with zero attached hydrogens (tertiary/aromatic N) is 1. The van der Waals surface area contributed by atoms with Gasteiger partial charge in [0.2, 0.25) is 11.8 Å². The summed E-state index contributed by atoms with van der Waals surface area (Å²) >= 11 is 1.22. The number of aromatic nitrogens is 1. The van der Waals surface area contributed by atoms with Gasteiger partial charge < -0.3 is 15.7 Å². The van der Waals surface area contributed by atoms with Gasteiger partial charge in [0.25, 0.3) is 0 Å². The summed E-state index contributed by atoms with van der Waals surface area (Å²) in [5.41, 5.74) is 0.409. The molecule has 1 atom stereocenters.